The Morgan fingerprint density at radius 2 is 1.52 bits per heavy atom. The van der Waals surface area contributed by atoms with Gasteiger partial charge >= 0.3 is 6.18 Å². The first kappa shape index (κ1) is 21.1. The van der Waals surface area contributed by atoms with Gasteiger partial charge in [-0.2, -0.15) is 18.3 Å². The van der Waals surface area contributed by atoms with Gasteiger partial charge in [-0.25, -0.2) is 13.1 Å². The van der Waals surface area contributed by atoms with Crippen molar-refractivity contribution in [1.29, 1.82) is 0 Å². The molecule has 3 rings (SSSR count). The Kier molecular flexibility index (Phi) is 5.08. The third kappa shape index (κ3) is 4.51. The van der Waals surface area contributed by atoms with E-state index < -0.39 is 27.3 Å². The molecule has 154 valence electrons. The molecular weight excluding hydrogens is 405 g/mol. The minimum atomic E-state index is -4.64. The molecule has 0 saturated carbocycles. The average molecular weight is 424 g/mol. The van der Waals surface area contributed by atoms with E-state index in [4.69, 9.17) is 0 Å². The van der Waals surface area contributed by atoms with Crippen LogP contribution in [0.15, 0.2) is 59.5 Å². The predicted molar refractivity (Wildman–Crippen MR) is 102 cm³/mol. The fourth-order valence-corrected chi connectivity index (χ4v) is 3.44. The second-order valence-corrected chi connectivity index (χ2v) is 9.24. The second-order valence-electron chi connectivity index (χ2n) is 7.23. The number of sulfone groups is 1. The number of aromatic nitrogens is 2. The van der Waals surface area contributed by atoms with Crippen molar-refractivity contribution >= 4 is 9.84 Å². The summed E-state index contributed by atoms with van der Waals surface area (Å²) in [5, 5.41) is 13.8. The maximum absolute atomic E-state index is 13.3. The van der Waals surface area contributed by atoms with E-state index in [9.17, 15) is 26.7 Å². The van der Waals surface area contributed by atoms with Crippen molar-refractivity contribution in [1.82, 2.24) is 9.78 Å². The van der Waals surface area contributed by atoms with Crippen LogP contribution in [0.1, 0.15) is 25.1 Å². The maximum atomic E-state index is 13.3. The molecule has 3 aromatic rings. The summed E-state index contributed by atoms with van der Waals surface area (Å²) in [4.78, 5) is 0.0675. The summed E-state index contributed by atoms with van der Waals surface area (Å²) in [6.07, 6.45) is -3.59. The normalized spacial score (nSPS) is 12.9. The number of hydrogen-bond donors (Lipinski definition) is 1. The van der Waals surface area contributed by atoms with E-state index in [2.05, 4.69) is 5.10 Å². The standard InChI is InChI=1S/C20H19F3N2O3S/c1-19(2,26)14-6-8-15(9-7-14)25-17(12-18(24-25)20(21,22)23)13-4-10-16(11-5-13)29(3,27)28/h4-12,26H,1-3H3. The van der Waals surface area contributed by atoms with Gasteiger partial charge in [0.1, 0.15) is 0 Å². The van der Waals surface area contributed by atoms with Crippen molar-refractivity contribution in [3.8, 4) is 16.9 Å². The Morgan fingerprint density at radius 3 is 1.97 bits per heavy atom. The zero-order chi connectivity index (χ0) is 21.6. The van der Waals surface area contributed by atoms with E-state index in [0.29, 0.717) is 16.8 Å². The molecule has 0 saturated heterocycles. The number of halogens is 3. The Labute approximate surface area is 166 Å². The number of alkyl halides is 3. The van der Waals surface area contributed by atoms with E-state index in [1.807, 2.05) is 0 Å². The Balaban J connectivity index is 2.13. The molecule has 0 atom stereocenters. The van der Waals surface area contributed by atoms with Crippen LogP contribution >= 0.6 is 0 Å². The molecule has 0 unspecified atom stereocenters. The lowest BCUT2D eigenvalue weighted by Gasteiger charge is -2.18. The fourth-order valence-electron chi connectivity index (χ4n) is 2.81. The minimum Gasteiger partial charge on any atom is -0.386 e. The monoisotopic (exact) mass is 424 g/mol. The lowest BCUT2D eigenvalue weighted by molar-refractivity contribution is -0.141. The maximum Gasteiger partial charge on any atom is 0.435 e. The first-order valence-corrected chi connectivity index (χ1v) is 10.5. The molecule has 1 aromatic heterocycles. The smallest absolute Gasteiger partial charge is 0.386 e. The molecule has 0 radical (unpaired) electrons. The highest BCUT2D eigenvalue weighted by atomic mass is 32.2. The molecule has 0 fully saturated rings. The van der Waals surface area contributed by atoms with Gasteiger partial charge in [0.2, 0.25) is 0 Å². The van der Waals surface area contributed by atoms with Crippen LogP contribution in [0.3, 0.4) is 0 Å². The third-order valence-corrected chi connectivity index (χ3v) is 5.52. The first-order valence-electron chi connectivity index (χ1n) is 8.58. The highest BCUT2D eigenvalue weighted by molar-refractivity contribution is 7.90. The van der Waals surface area contributed by atoms with Crippen LogP contribution in [0.5, 0.6) is 0 Å². The molecule has 29 heavy (non-hydrogen) atoms. The Hall–Kier alpha value is -2.65. The highest BCUT2D eigenvalue weighted by Crippen LogP contribution is 2.34. The van der Waals surface area contributed by atoms with Crippen molar-refractivity contribution in [2.45, 2.75) is 30.5 Å². The average Bonchev–Trinajstić information content (AvgIpc) is 3.06. The highest BCUT2D eigenvalue weighted by Gasteiger charge is 2.35. The van der Waals surface area contributed by atoms with Gasteiger partial charge in [0.25, 0.3) is 0 Å². The van der Waals surface area contributed by atoms with Gasteiger partial charge in [-0.05, 0) is 49.7 Å². The summed E-state index contributed by atoms with van der Waals surface area (Å²) in [6.45, 7) is 3.21. The molecule has 5 nitrogen and oxygen atoms in total. The van der Waals surface area contributed by atoms with Crippen LogP contribution in [0, 0.1) is 0 Å². The van der Waals surface area contributed by atoms with Gasteiger partial charge in [-0.15, -0.1) is 0 Å². The third-order valence-electron chi connectivity index (χ3n) is 4.40. The molecule has 0 amide bonds. The summed E-state index contributed by atoms with van der Waals surface area (Å²) in [5.74, 6) is 0. The van der Waals surface area contributed by atoms with Crippen LogP contribution in [0.25, 0.3) is 16.9 Å². The quantitative estimate of drug-likeness (QED) is 0.682. The first-order chi connectivity index (χ1) is 13.3. The SMILES string of the molecule is CC(C)(O)c1ccc(-n2nc(C(F)(F)F)cc2-c2ccc(S(C)(=O)=O)cc2)cc1. The molecule has 0 spiro atoms. The van der Waals surface area contributed by atoms with Gasteiger partial charge < -0.3 is 5.11 Å². The van der Waals surface area contributed by atoms with Crippen LogP contribution in [0.2, 0.25) is 0 Å². The van der Waals surface area contributed by atoms with Gasteiger partial charge in [0.15, 0.2) is 15.5 Å². The molecule has 0 aliphatic carbocycles. The number of benzene rings is 2. The summed E-state index contributed by atoms with van der Waals surface area (Å²) in [7, 11) is -3.43. The van der Waals surface area contributed by atoms with E-state index in [1.165, 1.54) is 24.3 Å². The fraction of sp³-hybridized carbons (Fsp3) is 0.250. The van der Waals surface area contributed by atoms with Crippen molar-refractivity contribution in [3.63, 3.8) is 0 Å². The van der Waals surface area contributed by atoms with Crippen LogP contribution in [0.4, 0.5) is 13.2 Å². The summed E-state index contributed by atoms with van der Waals surface area (Å²) >= 11 is 0. The van der Waals surface area contributed by atoms with Gasteiger partial charge in [-0.1, -0.05) is 24.3 Å². The number of aliphatic hydroxyl groups is 1. The van der Waals surface area contributed by atoms with Gasteiger partial charge in [0.05, 0.1) is 21.9 Å². The van der Waals surface area contributed by atoms with Crippen LogP contribution in [-0.2, 0) is 21.6 Å². The van der Waals surface area contributed by atoms with Gasteiger partial charge in [0, 0.05) is 11.8 Å². The Bertz CT molecular complexity index is 1130. The number of rotatable bonds is 4. The molecule has 9 heteroatoms. The van der Waals surface area contributed by atoms with Crippen molar-refractivity contribution in [3.05, 3.63) is 65.9 Å². The minimum absolute atomic E-state index is 0.0675. The molecular formula is C20H19F3N2O3S. The van der Waals surface area contributed by atoms with Crippen molar-refractivity contribution in [2.75, 3.05) is 6.26 Å². The predicted octanol–water partition coefficient (Wildman–Crippen LogP) is 4.19. The van der Waals surface area contributed by atoms with E-state index in [0.717, 1.165) is 17.0 Å². The van der Waals surface area contributed by atoms with Crippen molar-refractivity contribution in [2.24, 2.45) is 0 Å². The summed E-state index contributed by atoms with van der Waals surface area (Å²) < 4.78 is 64.2. The number of hydrogen-bond acceptors (Lipinski definition) is 4. The molecule has 2 aromatic carbocycles. The zero-order valence-electron chi connectivity index (χ0n) is 15.9. The summed E-state index contributed by atoms with van der Waals surface area (Å²) in [6, 6.07) is 12.8. The molecule has 0 aliphatic rings. The van der Waals surface area contributed by atoms with E-state index in [1.54, 1.807) is 38.1 Å². The molecule has 1 N–H and O–H groups in total. The topological polar surface area (TPSA) is 72.2 Å². The molecule has 0 bridgehead atoms. The Morgan fingerprint density at radius 1 is 0.966 bits per heavy atom. The van der Waals surface area contributed by atoms with Crippen molar-refractivity contribution < 1.29 is 26.7 Å². The van der Waals surface area contributed by atoms with E-state index >= 15 is 0 Å². The van der Waals surface area contributed by atoms with Gasteiger partial charge in [-0.3, -0.25) is 0 Å². The number of nitrogens with zero attached hydrogens (tertiary/aromatic N) is 2. The molecule has 1 heterocycles. The summed E-state index contributed by atoms with van der Waals surface area (Å²) in [5.41, 5.74) is -0.643. The van der Waals surface area contributed by atoms with Crippen LogP contribution < -0.4 is 0 Å². The zero-order valence-corrected chi connectivity index (χ0v) is 16.7. The van der Waals surface area contributed by atoms with E-state index in [-0.39, 0.29) is 10.6 Å². The lowest BCUT2D eigenvalue weighted by atomic mass is 9.98. The lowest BCUT2D eigenvalue weighted by Crippen LogP contribution is -2.15. The molecule has 0 aliphatic heterocycles. The second kappa shape index (κ2) is 7.00. The van der Waals surface area contributed by atoms with Crippen LogP contribution in [-0.4, -0.2) is 29.6 Å². The largest absolute Gasteiger partial charge is 0.435 e.